The quantitative estimate of drug-likeness (QED) is 0.699. The topological polar surface area (TPSA) is 77.1 Å². The van der Waals surface area contributed by atoms with E-state index in [0.29, 0.717) is 30.3 Å². The largest absolute Gasteiger partial charge is 0.471 e. The average molecular weight is 444 g/mol. The summed E-state index contributed by atoms with van der Waals surface area (Å²) in [7, 11) is 0. The van der Waals surface area contributed by atoms with E-state index in [1.165, 1.54) is 0 Å². The molecule has 3 fully saturated rings. The van der Waals surface area contributed by atoms with Gasteiger partial charge in [0.25, 0.3) is 0 Å². The van der Waals surface area contributed by atoms with Crippen LogP contribution in [0.3, 0.4) is 0 Å². The second-order valence-corrected chi connectivity index (χ2v) is 8.68. The minimum absolute atomic E-state index is 0.204. The molecule has 3 aliphatic rings. The van der Waals surface area contributed by atoms with Crippen LogP contribution in [0, 0.1) is 11.3 Å². The highest BCUT2D eigenvalue weighted by Crippen LogP contribution is 2.37. The van der Waals surface area contributed by atoms with Crippen LogP contribution in [0.4, 0.5) is 13.2 Å². The van der Waals surface area contributed by atoms with Crippen molar-refractivity contribution in [3.63, 3.8) is 0 Å². The lowest BCUT2D eigenvalue weighted by molar-refractivity contribution is -0.461. The van der Waals surface area contributed by atoms with Gasteiger partial charge in [-0.3, -0.25) is 9.59 Å². The van der Waals surface area contributed by atoms with E-state index in [9.17, 15) is 22.8 Å². The predicted octanol–water partition coefficient (Wildman–Crippen LogP) is 2.46. The zero-order chi connectivity index (χ0) is 22.9. The third-order valence-corrected chi connectivity index (χ3v) is 5.34. The fraction of sp³-hybridized carbons (Fsp3) is 0.619. The zero-order valence-electron chi connectivity index (χ0n) is 17.7. The van der Waals surface area contributed by atoms with Crippen LogP contribution in [0.25, 0.3) is 0 Å². The standard InChI is InChI=1S/C21H27F3N2O5/c1-14(2)16(17(27)25-10-20-29-11-19(3,12-30-20)13-31-20)26(18(28)21(22,23)24)9-15-7-5-4-6-8-15/h4-8,14,16H,9-13H2,1-3H3,(H,25,27). The highest BCUT2D eigenvalue weighted by molar-refractivity contribution is 5.90. The Morgan fingerprint density at radius 1 is 1.10 bits per heavy atom. The van der Waals surface area contributed by atoms with E-state index in [0.717, 1.165) is 0 Å². The Kier molecular flexibility index (Phi) is 6.64. The molecule has 1 N–H and O–H groups in total. The van der Waals surface area contributed by atoms with E-state index in [-0.39, 0.29) is 18.5 Å². The minimum atomic E-state index is -5.12. The molecule has 3 saturated heterocycles. The number of rotatable bonds is 7. The molecule has 31 heavy (non-hydrogen) atoms. The number of benzene rings is 1. The first-order chi connectivity index (χ1) is 14.4. The molecule has 7 nitrogen and oxygen atoms in total. The third kappa shape index (κ3) is 5.36. The molecular formula is C21H27F3N2O5. The maximum Gasteiger partial charge on any atom is 0.471 e. The van der Waals surface area contributed by atoms with E-state index in [4.69, 9.17) is 14.2 Å². The van der Waals surface area contributed by atoms with Gasteiger partial charge in [0.05, 0.1) is 26.4 Å². The number of carbonyl (C=O) groups is 2. The molecular weight excluding hydrogens is 417 g/mol. The van der Waals surface area contributed by atoms with Gasteiger partial charge in [-0.05, 0) is 11.5 Å². The van der Waals surface area contributed by atoms with Gasteiger partial charge in [-0.15, -0.1) is 0 Å². The van der Waals surface area contributed by atoms with Gasteiger partial charge in [-0.2, -0.15) is 13.2 Å². The molecule has 0 radical (unpaired) electrons. The first-order valence-electron chi connectivity index (χ1n) is 10.1. The Bertz CT molecular complexity index is 775. The summed E-state index contributed by atoms with van der Waals surface area (Å²) < 4.78 is 56.8. The van der Waals surface area contributed by atoms with Crippen LogP contribution in [0.1, 0.15) is 26.3 Å². The van der Waals surface area contributed by atoms with E-state index >= 15 is 0 Å². The molecule has 1 atom stereocenters. The summed E-state index contributed by atoms with van der Waals surface area (Å²) in [5, 5.41) is 2.56. The summed E-state index contributed by atoms with van der Waals surface area (Å²) in [4.78, 5) is 25.8. The Morgan fingerprint density at radius 2 is 1.65 bits per heavy atom. The summed E-state index contributed by atoms with van der Waals surface area (Å²) in [5.74, 6) is -4.87. The van der Waals surface area contributed by atoms with Gasteiger partial charge in [0.15, 0.2) is 0 Å². The van der Waals surface area contributed by atoms with Gasteiger partial charge in [-0.25, -0.2) is 0 Å². The van der Waals surface area contributed by atoms with Crippen LogP contribution < -0.4 is 5.32 Å². The average Bonchev–Trinajstić information content (AvgIpc) is 2.72. The number of hydrogen-bond acceptors (Lipinski definition) is 5. The summed E-state index contributed by atoms with van der Waals surface area (Å²) in [6.07, 6.45) is -5.12. The molecule has 0 spiro atoms. The van der Waals surface area contributed by atoms with Gasteiger partial charge >= 0.3 is 18.1 Å². The normalized spacial score (nSPS) is 26.5. The monoisotopic (exact) mass is 444 g/mol. The molecule has 1 unspecified atom stereocenters. The first-order valence-corrected chi connectivity index (χ1v) is 10.1. The smallest absolute Gasteiger partial charge is 0.346 e. The number of carbonyl (C=O) groups excluding carboxylic acids is 2. The minimum Gasteiger partial charge on any atom is -0.346 e. The number of ether oxygens (including phenoxy) is 3. The van der Waals surface area contributed by atoms with Crippen molar-refractivity contribution in [3.05, 3.63) is 35.9 Å². The second-order valence-electron chi connectivity index (χ2n) is 8.68. The molecule has 172 valence electrons. The van der Waals surface area contributed by atoms with Crippen LogP contribution in [0.5, 0.6) is 0 Å². The van der Waals surface area contributed by atoms with Gasteiger partial charge in [-0.1, -0.05) is 51.1 Å². The number of alkyl halides is 3. The Balaban J connectivity index is 1.77. The molecule has 3 heterocycles. The van der Waals surface area contributed by atoms with Crippen molar-refractivity contribution in [2.24, 2.45) is 11.3 Å². The van der Waals surface area contributed by atoms with Gasteiger partial charge in [0.2, 0.25) is 5.91 Å². The number of nitrogens with one attached hydrogen (secondary N) is 1. The van der Waals surface area contributed by atoms with E-state index in [1.807, 2.05) is 6.92 Å². The number of amides is 2. The fourth-order valence-corrected chi connectivity index (χ4v) is 3.60. The van der Waals surface area contributed by atoms with Crippen molar-refractivity contribution < 1.29 is 37.0 Å². The molecule has 1 aromatic carbocycles. The van der Waals surface area contributed by atoms with E-state index < -0.39 is 35.9 Å². The van der Waals surface area contributed by atoms with Crippen molar-refractivity contribution in [1.29, 1.82) is 0 Å². The van der Waals surface area contributed by atoms with Crippen LogP contribution in [0.15, 0.2) is 30.3 Å². The van der Waals surface area contributed by atoms with Gasteiger partial charge in [0, 0.05) is 12.0 Å². The molecule has 10 heteroatoms. The van der Waals surface area contributed by atoms with Gasteiger partial charge < -0.3 is 24.4 Å². The fourth-order valence-electron chi connectivity index (χ4n) is 3.60. The SMILES string of the molecule is CC(C)C(C(=O)NCC12OCC(C)(CO1)CO2)N(Cc1ccccc1)C(=O)C(F)(F)F. The molecule has 0 aromatic heterocycles. The number of halogens is 3. The zero-order valence-corrected chi connectivity index (χ0v) is 17.7. The van der Waals surface area contributed by atoms with Gasteiger partial charge in [0.1, 0.15) is 6.04 Å². The lowest BCUT2D eigenvalue weighted by atomic mass is 9.92. The highest BCUT2D eigenvalue weighted by Gasteiger charge is 2.51. The van der Waals surface area contributed by atoms with E-state index in [2.05, 4.69) is 5.32 Å². The Hall–Kier alpha value is -2.17. The van der Waals surface area contributed by atoms with E-state index in [1.54, 1.807) is 44.2 Å². The Labute approximate surface area is 178 Å². The number of fused-ring (bicyclic) bond motifs is 3. The maximum absolute atomic E-state index is 13.3. The lowest BCUT2D eigenvalue weighted by Gasteiger charge is -2.50. The molecule has 2 bridgehead atoms. The van der Waals surface area contributed by atoms with Crippen LogP contribution >= 0.6 is 0 Å². The van der Waals surface area contributed by atoms with Crippen LogP contribution in [-0.4, -0.2) is 61.3 Å². The summed E-state index contributed by atoms with van der Waals surface area (Å²) >= 11 is 0. The van der Waals surface area contributed by atoms with Crippen molar-refractivity contribution >= 4 is 11.8 Å². The lowest BCUT2D eigenvalue weighted by Crippen LogP contribution is -2.64. The number of hydrogen-bond donors (Lipinski definition) is 1. The maximum atomic E-state index is 13.3. The van der Waals surface area contributed by atoms with Crippen LogP contribution in [0.2, 0.25) is 0 Å². The summed E-state index contributed by atoms with van der Waals surface area (Å²) in [6, 6.07) is 6.86. The van der Waals surface area contributed by atoms with Crippen LogP contribution in [-0.2, 0) is 30.3 Å². The number of nitrogens with zero attached hydrogens (tertiary/aromatic N) is 1. The van der Waals surface area contributed by atoms with Crippen molar-refractivity contribution in [1.82, 2.24) is 10.2 Å². The summed E-state index contributed by atoms with van der Waals surface area (Å²) in [5.41, 5.74) is 0.212. The molecule has 1 aromatic rings. The Morgan fingerprint density at radius 3 is 2.13 bits per heavy atom. The summed E-state index contributed by atoms with van der Waals surface area (Å²) in [6.45, 7) is 5.68. The van der Waals surface area contributed by atoms with Crippen molar-refractivity contribution in [2.75, 3.05) is 26.4 Å². The highest BCUT2D eigenvalue weighted by atomic mass is 19.4. The van der Waals surface area contributed by atoms with Crippen molar-refractivity contribution in [2.45, 2.75) is 45.5 Å². The third-order valence-electron chi connectivity index (χ3n) is 5.34. The van der Waals surface area contributed by atoms with Crippen molar-refractivity contribution in [3.8, 4) is 0 Å². The molecule has 3 aliphatic heterocycles. The molecule has 0 aliphatic carbocycles. The molecule has 4 rings (SSSR count). The molecule has 2 amide bonds. The predicted molar refractivity (Wildman–Crippen MR) is 103 cm³/mol. The first kappa shape index (κ1) is 23.5. The molecule has 0 saturated carbocycles. The second kappa shape index (κ2) is 8.76.